The van der Waals surface area contributed by atoms with Gasteiger partial charge in [-0.3, -0.25) is 0 Å². The normalized spacial score (nSPS) is 40.9. The van der Waals surface area contributed by atoms with E-state index < -0.39 is 0 Å². The van der Waals surface area contributed by atoms with Crippen LogP contribution in [0.15, 0.2) is 0 Å². The minimum atomic E-state index is 0.811. The van der Waals surface area contributed by atoms with Gasteiger partial charge in [-0.05, 0) is 26.7 Å². The lowest BCUT2D eigenvalue weighted by Gasteiger charge is -2.15. The SMILES string of the molecule is C[C@@H]1CC[C@@H](C)N1I. The zero-order valence-corrected chi connectivity index (χ0v) is 7.55. The van der Waals surface area contributed by atoms with Crippen LogP contribution in [0.1, 0.15) is 26.7 Å². The lowest BCUT2D eigenvalue weighted by molar-refractivity contribution is 0.429. The van der Waals surface area contributed by atoms with E-state index in [-0.39, 0.29) is 0 Å². The topological polar surface area (TPSA) is 3.24 Å². The highest BCUT2D eigenvalue weighted by Crippen LogP contribution is 2.26. The van der Waals surface area contributed by atoms with Gasteiger partial charge in [-0.25, -0.2) is 3.11 Å². The molecule has 1 aliphatic rings. The van der Waals surface area contributed by atoms with Gasteiger partial charge in [0.2, 0.25) is 0 Å². The van der Waals surface area contributed by atoms with Gasteiger partial charge in [-0.2, -0.15) is 0 Å². The smallest absolute Gasteiger partial charge is 0.0207 e. The Hall–Kier alpha value is 0.690. The predicted octanol–water partition coefficient (Wildman–Crippen LogP) is 2.21. The fourth-order valence-corrected chi connectivity index (χ4v) is 1.72. The molecule has 0 unspecified atom stereocenters. The van der Waals surface area contributed by atoms with E-state index in [0.717, 1.165) is 12.1 Å². The molecule has 1 aliphatic heterocycles. The molecule has 1 saturated heterocycles. The van der Waals surface area contributed by atoms with Crippen LogP contribution in [0.5, 0.6) is 0 Å². The van der Waals surface area contributed by atoms with Crippen LogP contribution in [0.25, 0.3) is 0 Å². The van der Waals surface area contributed by atoms with Crippen molar-refractivity contribution in [3.05, 3.63) is 0 Å². The second-order valence-corrected chi connectivity index (χ2v) is 3.73. The van der Waals surface area contributed by atoms with E-state index >= 15 is 0 Å². The van der Waals surface area contributed by atoms with Crippen molar-refractivity contribution < 1.29 is 0 Å². The van der Waals surface area contributed by atoms with Gasteiger partial charge in [0.1, 0.15) is 0 Å². The van der Waals surface area contributed by atoms with E-state index in [9.17, 15) is 0 Å². The molecule has 0 aromatic heterocycles. The number of nitrogens with zero attached hydrogens (tertiary/aromatic N) is 1. The zero-order chi connectivity index (χ0) is 6.15. The monoisotopic (exact) mass is 225 g/mol. The minimum absolute atomic E-state index is 0.811. The van der Waals surface area contributed by atoms with Crippen molar-refractivity contribution in [2.45, 2.75) is 38.8 Å². The summed E-state index contributed by atoms with van der Waals surface area (Å²) in [6.07, 6.45) is 2.76. The van der Waals surface area contributed by atoms with Crippen molar-refractivity contribution in [3.8, 4) is 0 Å². The molecule has 2 atom stereocenters. The summed E-state index contributed by atoms with van der Waals surface area (Å²) in [7, 11) is 0. The molecule has 0 bridgehead atoms. The maximum Gasteiger partial charge on any atom is 0.0207 e. The third kappa shape index (κ3) is 1.16. The van der Waals surface area contributed by atoms with Crippen LogP contribution in [0.2, 0.25) is 0 Å². The molecule has 48 valence electrons. The third-order valence-electron chi connectivity index (χ3n) is 1.84. The van der Waals surface area contributed by atoms with Gasteiger partial charge >= 0.3 is 0 Å². The standard InChI is InChI=1S/C6H12IN/c1-5-3-4-6(2)8(5)7/h5-6H,3-4H2,1-2H3/t5-,6-/m1/s1. The Balaban J connectivity index is 2.44. The van der Waals surface area contributed by atoms with Gasteiger partial charge in [0.05, 0.1) is 0 Å². The van der Waals surface area contributed by atoms with Crippen LogP contribution in [-0.4, -0.2) is 15.2 Å². The molecule has 8 heavy (non-hydrogen) atoms. The number of rotatable bonds is 0. The van der Waals surface area contributed by atoms with Gasteiger partial charge in [-0.15, -0.1) is 0 Å². The highest BCUT2D eigenvalue weighted by Gasteiger charge is 2.24. The first kappa shape index (κ1) is 6.81. The van der Waals surface area contributed by atoms with Crippen LogP contribution in [0.3, 0.4) is 0 Å². The molecular formula is C6H12IN. The molecule has 1 heterocycles. The first-order valence-electron chi connectivity index (χ1n) is 3.16. The van der Waals surface area contributed by atoms with Crippen LogP contribution in [0, 0.1) is 0 Å². The lowest BCUT2D eigenvalue weighted by atomic mass is 10.2. The first-order chi connectivity index (χ1) is 3.72. The van der Waals surface area contributed by atoms with Crippen molar-refractivity contribution in [3.63, 3.8) is 0 Å². The molecule has 0 aliphatic carbocycles. The molecule has 0 amide bonds. The Kier molecular flexibility index (Phi) is 2.14. The van der Waals surface area contributed by atoms with Crippen LogP contribution in [0.4, 0.5) is 0 Å². The quantitative estimate of drug-likeness (QED) is 0.451. The second kappa shape index (κ2) is 2.52. The minimum Gasteiger partial charge on any atom is -0.242 e. The second-order valence-electron chi connectivity index (χ2n) is 2.62. The van der Waals surface area contributed by atoms with Crippen molar-refractivity contribution in [2.24, 2.45) is 0 Å². The molecule has 0 aromatic rings. The van der Waals surface area contributed by atoms with Gasteiger partial charge < -0.3 is 0 Å². The summed E-state index contributed by atoms with van der Waals surface area (Å²) in [6, 6.07) is 1.62. The summed E-state index contributed by atoms with van der Waals surface area (Å²) in [4.78, 5) is 0. The molecule has 0 radical (unpaired) electrons. The van der Waals surface area contributed by atoms with Gasteiger partial charge in [-0.1, -0.05) is 0 Å². The van der Waals surface area contributed by atoms with Gasteiger partial charge in [0, 0.05) is 34.9 Å². The van der Waals surface area contributed by atoms with E-state index in [2.05, 4.69) is 39.8 Å². The van der Waals surface area contributed by atoms with E-state index in [1.807, 2.05) is 0 Å². The molecule has 1 nitrogen and oxygen atoms in total. The molecule has 0 saturated carbocycles. The fourth-order valence-electron chi connectivity index (χ4n) is 1.16. The zero-order valence-electron chi connectivity index (χ0n) is 5.39. The molecule has 1 rings (SSSR count). The van der Waals surface area contributed by atoms with Crippen LogP contribution >= 0.6 is 22.9 Å². The third-order valence-corrected chi connectivity index (χ3v) is 3.75. The Morgan fingerprint density at radius 2 is 1.62 bits per heavy atom. The largest absolute Gasteiger partial charge is 0.242 e. The molecular weight excluding hydrogens is 213 g/mol. The first-order valence-corrected chi connectivity index (χ1v) is 4.12. The maximum absolute atomic E-state index is 2.42. The molecule has 0 aromatic carbocycles. The average Bonchev–Trinajstić information content (AvgIpc) is 1.98. The van der Waals surface area contributed by atoms with E-state index in [0.29, 0.717) is 0 Å². The summed E-state index contributed by atoms with van der Waals surface area (Å²) < 4.78 is 2.41. The number of halogens is 1. The summed E-state index contributed by atoms with van der Waals surface area (Å²) in [6.45, 7) is 4.58. The van der Waals surface area contributed by atoms with Crippen LogP contribution < -0.4 is 0 Å². The van der Waals surface area contributed by atoms with Gasteiger partial charge in [0.15, 0.2) is 0 Å². The Morgan fingerprint density at radius 3 is 1.75 bits per heavy atom. The lowest BCUT2D eigenvalue weighted by Crippen LogP contribution is -2.21. The highest BCUT2D eigenvalue weighted by molar-refractivity contribution is 14.1. The fraction of sp³-hybridized carbons (Fsp3) is 1.00. The number of hydrogen-bond acceptors (Lipinski definition) is 1. The van der Waals surface area contributed by atoms with Crippen molar-refractivity contribution in [2.75, 3.05) is 0 Å². The van der Waals surface area contributed by atoms with E-state index in [1.54, 1.807) is 0 Å². The molecule has 0 N–H and O–H groups in total. The predicted molar refractivity (Wildman–Crippen MR) is 44.0 cm³/mol. The maximum atomic E-state index is 2.42. The van der Waals surface area contributed by atoms with Crippen molar-refractivity contribution >= 4 is 22.9 Å². The molecule has 2 heteroatoms. The Morgan fingerprint density at radius 1 is 1.25 bits per heavy atom. The highest BCUT2D eigenvalue weighted by atomic mass is 127. The van der Waals surface area contributed by atoms with Crippen molar-refractivity contribution in [1.29, 1.82) is 0 Å². The van der Waals surface area contributed by atoms with Crippen LogP contribution in [-0.2, 0) is 0 Å². The van der Waals surface area contributed by atoms with Gasteiger partial charge in [0.25, 0.3) is 0 Å². The van der Waals surface area contributed by atoms with E-state index in [4.69, 9.17) is 0 Å². The summed E-state index contributed by atoms with van der Waals surface area (Å²) in [5.74, 6) is 0. The summed E-state index contributed by atoms with van der Waals surface area (Å²) >= 11 is 2.42. The number of hydrogen-bond donors (Lipinski definition) is 0. The van der Waals surface area contributed by atoms with Crippen molar-refractivity contribution in [1.82, 2.24) is 3.11 Å². The van der Waals surface area contributed by atoms with E-state index in [1.165, 1.54) is 12.8 Å². The molecule has 1 fully saturated rings. The Bertz CT molecular complexity index is 74.6. The summed E-state index contributed by atoms with van der Waals surface area (Å²) in [5.41, 5.74) is 0. The Labute approximate surface area is 64.9 Å². The average molecular weight is 225 g/mol. The molecule has 0 spiro atoms. The summed E-state index contributed by atoms with van der Waals surface area (Å²) in [5, 5.41) is 0.